The third-order valence-corrected chi connectivity index (χ3v) is 2.88. The van der Waals surface area contributed by atoms with E-state index < -0.39 is 0 Å². The fourth-order valence-corrected chi connectivity index (χ4v) is 1.81. The minimum absolute atomic E-state index is 0.0291. The maximum absolute atomic E-state index is 12.2. The third-order valence-electron chi connectivity index (χ3n) is 2.88. The number of ketones is 1. The van der Waals surface area contributed by atoms with Crippen LogP contribution >= 0.6 is 0 Å². The van der Waals surface area contributed by atoms with Gasteiger partial charge < -0.3 is 0 Å². The zero-order chi connectivity index (χ0) is 13.2. The van der Waals surface area contributed by atoms with Crippen molar-refractivity contribution in [2.75, 3.05) is 7.05 Å². The molecular formula is C16H21NO. The normalized spacial score (nSPS) is 14.6. The molecule has 0 unspecified atom stereocenters. The molecule has 0 spiro atoms. The molecule has 0 atom stereocenters. The summed E-state index contributed by atoms with van der Waals surface area (Å²) in [4.78, 5) is 16.4. The van der Waals surface area contributed by atoms with E-state index in [1.54, 1.807) is 19.2 Å². The summed E-state index contributed by atoms with van der Waals surface area (Å²) < 4.78 is 0. The predicted molar refractivity (Wildman–Crippen MR) is 77.0 cm³/mol. The Morgan fingerprint density at radius 3 is 2.83 bits per heavy atom. The maximum Gasteiger partial charge on any atom is 0.207 e. The van der Waals surface area contributed by atoms with E-state index in [1.165, 1.54) is 12.8 Å². The zero-order valence-corrected chi connectivity index (χ0v) is 11.3. The first-order valence-electron chi connectivity index (χ1n) is 6.59. The number of carbonyl (C=O) groups is 1. The highest BCUT2D eigenvalue weighted by atomic mass is 16.1. The van der Waals surface area contributed by atoms with E-state index in [0.29, 0.717) is 11.3 Å². The maximum atomic E-state index is 12.2. The summed E-state index contributed by atoms with van der Waals surface area (Å²) in [7, 11) is 1.69. The van der Waals surface area contributed by atoms with Gasteiger partial charge in [-0.05, 0) is 25.0 Å². The van der Waals surface area contributed by atoms with E-state index in [0.717, 1.165) is 19.3 Å². The molecule has 1 aliphatic carbocycles. The number of Topliss-reactive ketones (excluding diaryl/α,β-unsaturated/α-hetero) is 1. The summed E-state index contributed by atoms with van der Waals surface area (Å²) in [6.45, 7) is 2.18. The van der Waals surface area contributed by atoms with E-state index in [1.807, 2.05) is 18.2 Å². The number of aliphatic imine (C=N–C) groups is 1. The molecule has 2 heteroatoms. The summed E-state index contributed by atoms with van der Waals surface area (Å²) in [6.07, 6.45) is 14.4. The number of carbonyl (C=O) groups excluding carboxylic acids is 1. The lowest BCUT2D eigenvalue weighted by Crippen LogP contribution is -2.15. The Hall–Kier alpha value is -1.66. The molecule has 0 amide bonds. The zero-order valence-electron chi connectivity index (χ0n) is 11.3. The van der Waals surface area contributed by atoms with E-state index in [-0.39, 0.29) is 5.78 Å². The Bertz CT molecular complexity index is 432. The first-order chi connectivity index (χ1) is 8.79. The van der Waals surface area contributed by atoms with Gasteiger partial charge in [0.1, 0.15) is 0 Å². The molecule has 96 valence electrons. The van der Waals surface area contributed by atoms with Crippen LogP contribution in [0.25, 0.3) is 0 Å². The van der Waals surface area contributed by atoms with Crippen molar-refractivity contribution in [3.63, 3.8) is 0 Å². The molecule has 0 heterocycles. The van der Waals surface area contributed by atoms with Crippen LogP contribution in [0.2, 0.25) is 0 Å². The van der Waals surface area contributed by atoms with Gasteiger partial charge in [-0.1, -0.05) is 44.4 Å². The van der Waals surface area contributed by atoms with Crippen LogP contribution in [0.3, 0.4) is 0 Å². The molecule has 18 heavy (non-hydrogen) atoms. The molecular weight excluding hydrogens is 222 g/mol. The van der Waals surface area contributed by atoms with Crippen molar-refractivity contribution in [3.8, 4) is 0 Å². The van der Waals surface area contributed by atoms with Crippen LogP contribution in [0, 0.1) is 0 Å². The van der Waals surface area contributed by atoms with Gasteiger partial charge in [0.15, 0.2) is 0 Å². The predicted octanol–water partition coefficient (Wildman–Crippen LogP) is 3.80. The Kier molecular flexibility index (Phi) is 6.75. The highest BCUT2D eigenvalue weighted by Gasteiger charge is 2.13. The highest BCUT2D eigenvalue weighted by molar-refractivity contribution is 6.46. The SMILES string of the molecule is CCCCCCC(=NC)C(=O)C1=CC=CC=C=C1. The molecule has 0 saturated carbocycles. The Morgan fingerprint density at radius 1 is 1.28 bits per heavy atom. The summed E-state index contributed by atoms with van der Waals surface area (Å²) in [5.41, 5.74) is 4.29. The van der Waals surface area contributed by atoms with Crippen molar-refractivity contribution in [2.24, 2.45) is 4.99 Å². The quantitative estimate of drug-likeness (QED) is 0.380. The van der Waals surface area contributed by atoms with Gasteiger partial charge in [-0.2, -0.15) is 0 Å². The topological polar surface area (TPSA) is 29.4 Å². The van der Waals surface area contributed by atoms with Crippen LogP contribution < -0.4 is 0 Å². The van der Waals surface area contributed by atoms with Crippen molar-refractivity contribution >= 4 is 11.5 Å². The molecule has 0 bridgehead atoms. The van der Waals surface area contributed by atoms with Crippen molar-refractivity contribution in [3.05, 3.63) is 41.7 Å². The Labute approximate surface area is 110 Å². The van der Waals surface area contributed by atoms with Crippen molar-refractivity contribution in [1.29, 1.82) is 0 Å². The van der Waals surface area contributed by atoms with E-state index in [4.69, 9.17) is 0 Å². The second kappa shape index (κ2) is 8.43. The van der Waals surface area contributed by atoms with Crippen LogP contribution in [0.5, 0.6) is 0 Å². The average molecular weight is 243 g/mol. The second-order valence-corrected chi connectivity index (χ2v) is 4.29. The standard InChI is InChI=1S/C16H21NO/c1-3-4-5-10-13-15(17-2)16(18)14-11-8-6-7-9-12-14/h6-8,11-12H,3-5,10,13H2,1-2H3. The van der Waals surface area contributed by atoms with Gasteiger partial charge >= 0.3 is 0 Å². The largest absolute Gasteiger partial charge is 0.289 e. The minimum atomic E-state index is 0.0291. The Balaban J connectivity index is 2.60. The van der Waals surface area contributed by atoms with E-state index in [2.05, 4.69) is 17.6 Å². The van der Waals surface area contributed by atoms with Crippen molar-refractivity contribution in [1.82, 2.24) is 0 Å². The number of unbranched alkanes of at least 4 members (excludes halogenated alkanes) is 3. The van der Waals surface area contributed by atoms with Crippen LogP contribution in [0.4, 0.5) is 0 Å². The van der Waals surface area contributed by atoms with Gasteiger partial charge in [-0.3, -0.25) is 9.79 Å². The molecule has 0 N–H and O–H groups in total. The molecule has 0 radical (unpaired) electrons. The van der Waals surface area contributed by atoms with Crippen LogP contribution in [-0.2, 0) is 4.79 Å². The number of nitrogens with zero attached hydrogens (tertiary/aromatic N) is 1. The summed E-state index contributed by atoms with van der Waals surface area (Å²) >= 11 is 0. The van der Waals surface area contributed by atoms with Gasteiger partial charge in [0.2, 0.25) is 5.78 Å². The fraction of sp³-hybridized carbons (Fsp3) is 0.438. The van der Waals surface area contributed by atoms with Gasteiger partial charge in [-0.15, -0.1) is 5.73 Å². The Morgan fingerprint density at radius 2 is 2.11 bits per heavy atom. The van der Waals surface area contributed by atoms with Crippen molar-refractivity contribution in [2.45, 2.75) is 39.0 Å². The average Bonchev–Trinajstić information content (AvgIpc) is 2.67. The third kappa shape index (κ3) is 4.68. The van der Waals surface area contributed by atoms with Gasteiger partial charge in [0, 0.05) is 12.6 Å². The first kappa shape index (κ1) is 14.4. The molecule has 0 saturated heterocycles. The lowest BCUT2D eigenvalue weighted by Gasteiger charge is -2.05. The molecule has 1 aliphatic rings. The molecule has 0 aromatic heterocycles. The monoisotopic (exact) mass is 243 g/mol. The molecule has 0 aliphatic heterocycles. The summed E-state index contributed by atoms with van der Waals surface area (Å²) in [5, 5.41) is 0. The summed E-state index contributed by atoms with van der Waals surface area (Å²) in [6, 6.07) is 0. The lowest BCUT2D eigenvalue weighted by atomic mass is 10.0. The van der Waals surface area contributed by atoms with Crippen LogP contribution in [-0.4, -0.2) is 18.5 Å². The van der Waals surface area contributed by atoms with E-state index >= 15 is 0 Å². The fourth-order valence-electron chi connectivity index (χ4n) is 1.81. The molecule has 0 fully saturated rings. The molecule has 1 rings (SSSR count). The molecule has 0 aromatic rings. The minimum Gasteiger partial charge on any atom is -0.289 e. The first-order valence-corrected chi connectivity index (χ1v) is 6.59. The van der Waals surface area contributed by atoms with Gasteiger partial charge in [0.05, 0.1) is 5.71 Å². The molecule has 2 nitrogen and oxygen atoms in total. The van der Waals surface area contributed by atoms with Crippen molar-refractivity contribution < 1.29 is 4.79 Å². The van der Waals surface area contributed by atoms with Gasteiger partial charge in [0.25, 0.3) is 0 Å². The van der Waals surface area contributed by atoms with Crippen LogP contribution in [0.15, 0.2) is 46.7 Å². The number of rotatable bonds is 7. The van der Waals surface area contributed by atoms with E-state index in [9.17, 15) is 4.79 Å². The smallest absolute Gasteiger partial charge is 0.207 e. The highest BCUT2D eigenvalue weighted by Crippen LogP contribution is 2.09. The lowest BCUT2D eigenvalue weighted by molar-refractivity contribution is -0.109. The number of hydrogen-bond acceptors (Lipinski definition) is 2. The molecule has 0 aromatic carbocycles. The number of allylic oxidation sites excluding steroid dienone is 5. The number of hydrogen-bond donors (Lipinski definition) is 0. The van der Waals surface area contributed by atoms with Crippen LogP contribution in [0.1, 0.15) is 39.0 Å². The summed E-state index contributed by atoms with van der Waals surface area (Å²) in [5.74, 6) is 0.0291. The van der Waals surface area contributed by atoms with Gasteiger partial charge in [-0.25, -0.2) is 0 Å². The second-order valence-electron chi connectivity index (χ2n) is 4.29.